The molecule has 0 atom stereocenters. The zero-order valence-corrected chi connectivity index (χ0v) is 12.0. The van der Waals surface area contributed by atoms with Gasteiger partial charge in [-0.1, -0.05) is 77.0 Å². The van der Waals surface area contributed by atoms with E-state index in [0.717, 1.165) is 12.8 Å². The van der Waals surface area contributed by atoms with Crippen LogP contribution in [0, 0.1) is 5.92 Å². The third-order valence-electron chi connectivity index (χ3n) is 4.26. The summed E-state index contributed by atoms with van der Waals surface area (Å²) in [4.78, 5) is 10.8. The van der Waals surface area contributed by atoms with Crippen LogP contribution in [0.1, 0.15) is 89.9 Å². The van der Waals surface area contributed by atoms with Gasteiger partial charge in [-0.3, -0.25) is 4.79 Å². The number of primary amides is 1. The molecule has 0 saturated heterocycles. The SMILES string of the molecule is C1CCCCCC1.NC(=O)C1CCCCCCC1. The van der Waals surface area contributed by atoms with Gasteiger partial charge in [0.15, 0.2) is 0 Å². The number of carbonyl (C=O) groups is 1. The van der Waals surface area contributed by atoms with Crippen LogP contribution >= 0.6 is 0 Å². The highest BCUT2D eigenvalue weighted by Crippen LogP contribution is 2.21. The van der Waals surface area contributed by atoms with Gasteiger partial charge in [-0.15, -0.1) is 0 Å². The predicted octanol–water partition coefficient (Wildman–Crippen LogP) is 4.56. The summed E-state index contributed by atoms with van der Waals surface area (Å²) in [5.41, 5.74) is 5.25. The van der Waals surface area contributed by atoms with E-state index in [1.54, 1.807) is 0 Å². The summed E-state index contributed by atoms with van der Waals surface area (Å²) >= 11 is 0. The van der Waals surface area contributed by atoms with Crippen molar-refractivity contribution in [3.8, 4) is 0 Å². The van der Waals surface area contributed by atoms with Crippen molar-refractivity contribution >= 4 is 5.91 Å². The third kappa shape index (κ3) is 7.73. The molecule has 0 aliphatic heterocycles. The van der Waals surface area contributed by atoms with Crippen LogP contribution in [0.3, 0.4) is 0 Å². The highest BCUT2D eigenvalue weighted by Gasteiger charge is 2.15. The van der Waals surface area contributed by atoms with E-state index in [2.05, 4.69) is 0 Å². The standard InChI is InChI=1S/C9H17NO.C7H14/c10-9(11)8-6-4-2-1-3-5-7-8;1-2-4-6-7-5-3-1/h8H,1-7H2,(H2,10,11);1-7H2. The summed E-state index contributed by atoms with van der Waals surface area (Å²) in [6.07, 6.45) is 18.8. The molecular weight excluding hydrogens is 222 g/mol. The van der Waals surface area contributed by atoms with E-state index in [1.165, 1.54) is 77.0 Å². The molecule has 0 heterocycles. The highest BCUT2D eigenvalue weighted by atomic mass is 16.1. The van der Waals surface area contributed by atoms with E-state index < -0.39 is 0 Å². The van der Waals surface area contributed by atoms with Crippen molar-refractivity contribution in [2.45, 2.75) is 89.9 Å². The van der Waals surface area contributed by atoms with Gasteiger partial charge in [0.05, 0.1) is 0 Å². The average Bonchev–Trinajstić information content (AvgIpc) is 2.60. The van der Waals surface area contributed by atoms with Gasteiger partial charge in [0.2, 0.25) is 5.91 Å². The molecular formula is C16H31NO. The number of nitrogens with two attached hydrogens (primary N) is 1. The van der Waals surface area contributed by atoms with Crippen molar-refractivity contribution in [3.05, 3.63) is 0 Å². The number of carbonyl (C=O) groups excluding carboxylic acids is 1. The normalized spacial score (nSPS) is 22.9. The van der Waals surface area contributed by atoms with Crippen LogP contribution in [-0.4, -0.2) is 5.91 Å². The summed E-state index contributed by atoms with van der Waals surface area (Å²) in [6.45, 7) is 0. The molecule has 18 heavy (non-hydrogen) atoms. The Morgan fingerprint density at radius 2 is 0.889 bits per heavy atom. The lowest BCUT2D eigenvalue weighted by atomic mass is 9.91. The maximum absolute atomic E-state index is 10.8. The third-order valence-corrected chi connectivity index (χ3v) is 4.26. The quantitative estimate of drug-likeness (QED) is 0.684. The minimum atomic E-state index is -0.0908. The molecule has 2 nitrogen and oxygen atoms in total. The van der Waals surface area contributed by atoms with Gasteiger partial charge >= 0.3 is 0 Å². The molecule has 0 unspecified atom stereocenters. The summed E-state index contributed by atoms with van der Waals surface area (Å²) in [5, 5.41) is 0. The van der Waals surface area contributed by atoms with Gasteiger partial charge in [-0.2, -0.15) is 0 Å². The van der Waals surface area contributed by atoms with Crippen molar-refractivity contribution in [2.75, 3.05) is 0 Å². The van der Waals surface area contributed by atoms with E-state index in [9.17, 15) is 4.79 Å². The fourth-order valence-corrected chi connectivity index (χ4v) is 2.98. The second kappa shape index (κ2) is 10.4. The van der Waals surface area contributed by atoms with Crippen LogP contribution in [0.25, 0.3) is 0 Å². The minimum absolute atomic E-state index is 0.0908. The van der Waals surface area contributed by atoms with Gasteiger partial charge in [-0.05, 0) is 12.8 Å². The first kappa shape index (κ1) is 15.5. The fraction of sp³-hybridized carbons (Fsp3) is 0.938. The molecule has 2 rings (SSSR count). The predicted molar refractivity (Wildman–Crippen MR) is 77.3 cm³/mol. The second-order valence-corrected chi connectivity index (χ2v) is 5.92. The van der Waals surface area contributed by atoms with Crippen LogP contribution in [0.15, 0.2) is 0 Å². The molecule has 0 aromatic rings. The molecule has 0 aromatic heterocycles. The molecule has 0 aromatic carbocycles. The van der Waals surface area contributed by atoms with Gasteiger partial charge in [0, 0.05) is 5.92 Å². The number of hydrogen-bond acceptors (Lipinski definition) is 1. The number of amides is 1. The molecule has 0 radical (unpaired) electrons. The lowest BCUT2D eigenvalue weighted by Crippen LogP contribution is -2.23. The summed E-state index contributed by atoms with van der Waals surface area (Å²) < 4.78 is 0. The first-order chi connectivity index (χ1) is 8.80. The minimum Gasteiger partial charge on any atom is -0.369 e. The van der Waals surface area contributed by atoms with E-state index in [1.807, 2.05) is 0 Å². The summed E-state index contributed by atoms with van der Waals surface area (Å²) in [6, 6.07) is 0. The molecule has 2 fully saturated rings. The summed E-state index contributed by atoms with van der Waals surface area (Å²) in [5.74, 6) is 0.0854. The van der Waals surface area contributed by atoms with Gasteiger partial charge in [0.1, 0.15) is 0 Å². The molecule has 0 bridgehead atoms. The van der Waals surface area contributed by atoms with E-state index in [-0.39, 0.29) is 11.8 Å². The first-order valence-corrected chi connectivity index (χ1v) is 8.10. The molecule has 2 aliphatic rings. The fourth-order valence-electron chi connectivity index (χ4n) is 2.98. The van der Waals surface area contributed by atoms with E-state index in [0.29, 0.717) is 0 Å². The van der Waals surface area contributed by atoms with Gasteiger partial charge in [-0.25, -0.2) is 0 Å². The lowest BCUT2D eigenvalue weighted by Gasteiger charge is -2.15. The Morgan fingerprint density at radius 3 is 1.17 bits per heavy atom. The van der Waals surface area contributed by atoms with Crippen molar-refractivity contribution < 1.29 is 4.79 Å². The van der Waals surface area contributed by atoms with Gasteiger partial charge in [0.25, 0.3) is 0 Å². The summed E-state index contributed by atoms with van der Waals surface area (Å²) in [7, 11) is 0. The van der Waals surface area contributed by atoms with Crippen molar-refractivity contribution in [3.63, 3.8) is 0 Å². The Kier molecular flexibility index (Phi) is 8.97. The first-order valence-electron chi connectivity index (χ1n) is 8.10. The number of rotatable bonds is 1. The Hall–Kier alpha value is -0.530. The van der Waals surface area contributed by atoms with Crippen LogP contribution in [-0.2, 0) is 4.79 Å². The maximum Gasteiger partial charge on any atom is 0.220 e. The van der Waals surface area contributed by atoms with Crippen LogP contribution in [0.4, 0.5) is 0 Å². The Morgan fingerprint density at radius 1 is 0.611 bits per heavy atom. The average molecular weight is 253 g/mol. The molecule has 2 saturated carbocycles. The zero-order chi connectivity index (χ0) is 13.1. The number of hydrogen-bond donors (Lipinski definition) is 1. The van der Waals surface area contributed by atoms with Crippen molar-refractivity contribution in [2.24, 2.45) is 11.7 Å². The van der Waals surface area contributed by atoms with E-state index in [4.69, 9.17) is 5.73 Å². The molecule has 1 amide bonds. The van der Waals surface area contributed by atoms with Crippen molar-refractivity contribution in [1.82, 2.24) is 0 Å². The molecule has 2 N–H and O–H groups in total. The smallest absolute Gasteiger partial charge is 0.220 e. The van der Waals surface area contributed by atoms with E-state index >= 15 is 0 Å². The Labute approximate surface area is 113 Å². The Balaban J connectivity index is 0.000000199. The molecule has 0 spiro atoms. The van der Waals surface area contributed by atoms with Crippen LogP contribution < -0.4 is 5.73 Å². The van der Waals surface area contributed by atoms with Gasteiger partial charge < -0.3 is 5.73 Å². The Bertz CT molecular complexity index is 187. The maximum atomic E-state index is 10.8. The van der Waals surface area contributed by atoms with Crippen LogP contribution in [0.5, 0.6) is 0 Å². The topological polar surface area (TPSA) is 43.1 Å². The zero-order valence-electron chi connectivity index (χ0n) is 12.0. The monoisotopic (exact) mass is 253 g/mol. The lowest BCUT2D eigenvalue weighted by molar-refractivity contribution is -0.122. The van der Waals surface area contributed by atoms with Crippen LogP contribution in [0.2, 0.25) is 0 Å². The van der Waals surface area contributed by atoms with Crippen molar-refractivity contribution in [1.29, 1.82) is 0 Å². The molecule has 2 heteroatoms. The highest BCUT2D eigenvalue weighted by molar-refractivity contribution is 5.76. The largest absolute Gasteiger partial charge is 0.369 e. The molecule has 106 valence electrons. The second-order valence-electron chi connectivity index (χ2n) is 5.92. The molecule has 2 aliphatic carbocycles.